The highest BCUT2D eigenvalue weighted by atomic mass is 16.2. The van der Waals surface area contributed by atoms with Crippen molar-refractivity contribution in [3.63, 3.8) is 0 Å². The zero-order chi connectivity index (χ0) is 20.2. The molecule has 1 atom stereocenters. The molecule has 1 aromatic heterocycles. The van der Waals surface area contributed by atoms with Gasteiger partial charge in [-0.05, 0) is 57.6 Å². The molecule has 2 saturated heterocycles. The number of carbonyl (C=O) groups is 2. The van der Waals surface area contributed by atoms with Gasteiger partial charge in [0.25, 0.3) is 11.8 Å². The second kappa shape index (κ2) is 8.72. The van der Waals surface area contributed by atoms with Crippen molar-refractivity contribution in [1.82, 2.24) is 19.8 Å². The SMILES string of the molecule is Cc1nc(C2CCCCN2C(=O)c2ccccc2)ncc1C(=O)N1CCCCC1. The van der Waals surface area contributed by atoms with Crippen LogP contribution in [0.3, 0.4) is 0 Å². The maximum absolute atomic E-state index is 13.1. The van der Waals surface area contributed by atoms with Crippen LogP contribution in [0.5, 0.6) is 0 Å². The van der Waals surface area contributed by atoms with Crippen LogP contribution >= 0.6 is 0 Å². The molecule has 29 heavy (non-hydrogen) atoms. The largest absolute Gasteiger partial charge is 0.339 e. The third-order valence-electron chi connectivity index (χ3n) is 5.95. The number of rotatable bonds is 3. The molecule has 2 aromatic rings. The number of aromatic nitrogens is 2. The lowest BCUT2D eigenvalue weighted by Crippen LogP contribution is -2.39. The lowest BCUT2D eigenvalue weighted by atomic mass is 9.99. The minimum atomic E-state index is -0.144. The molecule has 0 bridgehead atoms. The Labute approximate surface area is 172 Å². The topological polar surface area (TPSA) is 66.4 Å². The van der Waals surface area contributed by atoms with Gasteiger partial charge in [0.05, 0.1) is 17.3 Å². The number of hydrogen-bond donors (Lipinski definition) is 0. The summed E-state index contributed by atoms with van der Waals surface area (Å²) in [6, 6.07) is 9.23. The van der Waals surface area contributed by atoms with Crippen molar-refractivity contribution in [1.29, 1.82) is 0 Å². The van der Waals surface area contributed by atoms with E-state index in [-0.39, 0.29) is 17.9 Å². The minimum Gasteiger partial charge on any atom is -0.339 e. The van der Waals surface area contributed by atoms with Gasteiger partial charge in [-0.25, -0.2) is 9.97 Å². The predicted octanol–water partition coefficient (Wildman–Crippen LogP) is 3.78. The van der Waals surface area contributed by atoms with Gasteiger partial charge in [-0.2, -0.15) is 0 Å². The van der Waals surface area contributed by atoms with E-state index in [4.69, 9.17) is 0 Å². The molecule has 0 aliphatic carbocycles. The molecule has 2 amide bonds. The van der Waals surface area contributed by atoms with Crippen LogP contribution in [-0.4, -0.2) is 51.2 Å². The van der Waals surface area contributed by atoms with Crippen molar-refractivity contribution in [2.75, 3.05) is 19.6 Å². The highest BCUT2D eigenvalue weighted by Crippen LogP contribution is 2.30. The van der Waals surface area contributed by atoms with Gasteiger partial charge in [-0.15, -0.1) is 0 Å². The summed E-state index contributed by atoms with van der Waals surface area (Å²) in [5, 5.41) is 0. The summed E-state index contributed by atoms with van der Waals surface area (Å²) in [5.41, 5.74) is 1.96. The van der Waals surface area contributed by atoms with Crippen LogP contribution in [0.2, 0.25) is 0 Å². The van der Waals surface area contributed by atoms with E-state index in [1.165, 1.54) is 6.42 Å². The second-order valence-corrected chi connectivity index (χ2v) is 7.96. The molecule has 0 radical (unpaired) electrons. The van der Waals surface area contributed by atoms with Gasteiger partial charge in [0.2, 0.25) is 0 Å². The molecule has 4 rings (SSSR count). The first-order chi connectivity index (χ1) is 14.1. The summed E-state index contributed by atoms with van der Waals surface area (Å²) in [6.45, 7) is 4.19. The second-order valence-electron chi connectivity index (χ2n) is 7.96. The van der Waals surface area contributed by atoms with E-state index in [0.29, 0.717) is 29.2 Å². The Morgan fingerprint density at radius 2 is 1.66 bits per heavy atom. The summed E-state index contributed by atoms with van der Waals surface area (Å²) in [7, 11) is 0. The molecule has 1 aromatic carbocycles. The van der Waals surface area contributed by atoms with Crippen molar-refractivity contribution in [3.05, 3.63) is 59.2 Å². The maximum Gasteiger partial charge on any atom is 0.257 e. The minimum absolute atomic E-state index is 0.0185. The number of aryl methyl sites for hydroxylation is 1. The summed E-state index contributed by atoms with van der Waals surface area (Å²) >= 11 is 0. The Morgan fingerprint density at radius 1 is 0.931 bits per heavy atom. The fourth-order valence-corrected chi connectivity index (χ4v) is 4.31. The first-order valence-electron chi connectivity index (χ1n) is 10.6. The average molecular weight is 393 g/mol. The van der Waals surface area contributed by atoms with Crippen molar-refractivity contribution in [2.45, 2.75) is 51.5 Å². The molecular formula is C23H28N4O2. The standard InChI is InChI=1S/C23H28N4O2/c1-17-19(23(29)26-13-7-3-8-14-26)16-24-21(25-17)20-12-6-9-15-27(20)22(28)18-10-4-2-5-11-18/h2,4-5,10-11,16,20H,3,6-9,12-15H2,1H3. The van der Waals surface area contributed by atoms with Gasteiger partial charge in [0.1, 0.15) is 0 Å². The van der Waals surface area contributed by atoms with Gasteiger partial charge < -0.3 is 9.80 Å². The highest BCUT2D eigenvalue weighted by molar-refractivity contribution is 5.95. The summed E-state index contributed by atoms with van der Waals surface area (Å²) in [6.07, 6.45) is 7.83. The van der Waals surface area contributed by atoms with E-state index in [0.717, 1.165) is 45.2 Å². The molecule has 2 aliphatic rings. The fraction of sp³-hybridized carbons (Fsp3) is 0.478. The third-order valence-corrected chi connectivity index (χ3v) is 5.95. The smallest absolute Gasteiger partial charge is 0.257 e. The van der Waals surface area contributed by atoms with Crippen LogP contribution in [0.25, 0.3) is 0 Å². The molecule has 152 valence electrons. The molecule has 2 fully saturated rings. The molecular weight excluding hydrogens is 364 g/mol. The first kappa shape index (κ1) is 19.6. The summed E-state index contributed by atoms with van der Waals surface area (Å²) in [4.78, 5) is 38.9. The summed E-state index contributed by atoms with van der Waals surface area (Å²) < 4.78 is 0. The monoisotopic (exact) mass is 392 g/mol. The molecule has 0 saturated carbocycles. The maximum atomic E-state index is 13.1. The normalized spacial score (nSPS) is 19.8. The van der Waals surface area contributed by atoms with Crippen molar-refractivity contribution in [3.8, 4) is 0 Å². The van der Waals surface area contributed by atoms with Gasteiger partial charge in [0, 0.05) is 31.4 Å². The fourth-order valence-electron chi connectivity index (χ4n) is 4.31. The Balaban J connectivity index is 1.57. The van der Waals surface area contributed by atoms with Crippen molar-refractivity contribution < 1.29 is 9.59 Å². The van der Waals surface area contributed by atoms with E-state index in [9.17, 15) is 9.59 Å². The van der Waals surface area contributed by atoms with Gasteiger partial charge in [-0.1, -0.05) is 18.2 Å². The molecule has 1 unspecified atom stereocenters. The highest BCUT2D eigenvalue weighted by Gasteiger charge is 2.31. The van der Waals surface area contributed by atoms with Crippen LogP contribution in [0, 0.1) is 6.92 Å². The number of piperidine rings is 2. The number of hydrogen-bond acceptors (Lipinski definition) is 4. The molecule has 3 heterocycles. The lowest BCUT2D eigenvalue weighted by Gasteiger charge is -2.35. The van der Waals surface area contributed by atoms with E-state index in [1.54, 1.807) is 6.20 Å². The van der Waals surface area contributed by atoms with Crippen LogP contribution in [0.15, 0.2) is 36.5 Å². The number of benzene rings is 1. The van der Waals surface area contributed by atoms with E-state index < -0.39 is 0 Å². The Bertz CT molecular complexity index is 878. The summed E-state index contributed by atoms with van der Waals surface area (Å²) in [5.74, 6) is 0.682. The molecule has 0 spiro atoms. The van der Waals surface area contributed by atoms with Gasteiger partial charge >= 0.3 is 0 Å². The van der Waals surface area contributed by atoms with Crippen LogP contribution < -0.4 is 0 Å². The number of likely N-dealkylation sites (tertiary alicyclic amines) is 2. The van der Waals surface area contributed by atoms with Crippen LogP contribution in [0.1, 0.15) is 76.8 Å². The molecule has 6 heteroatoms. The molecule has 0 N–H and O–H groups in total. The van der Waals surface area contributed by atoms with Crippen LogP contribution in [0.4, 0.5) is 0 Å². The Hall–Kier alpha value is -2.76. The Kier molecular flexibility index (Phi) is 5.88. The average Bonchev–Trinajstić information content (AvgIpc) is 2.79. The first-order valence-corrected chi connectivity index (χ1v) is 10.6. The number of carbonyl (C=O) groups excluding carboxylic acids is 2. The molecule has 6 nitrogen and oxygen atoms in total. The van der Waals surface area contributed by atoms with Crippen molar-refractivity contribution in [2.24, 2.45) is 0 Å². The third kappa shape index (κ3) is 4.16. The van der Waals surface area contributed by atoms with Crippen LogP contribution in [-0.2, 0) is 0 Å². The number of amides is 2. The zero-order valence-electron chi connectivity index (χ0n) is 17.0. The number of nitrogens with zero attached hydrogens (tertiary/aromatic N) is 4. The van der Waals surface area contributed by atoms with E-state index >= 15 is 0 Å². The molecule has 2 aliphatic heterocycles. The Morgan fingerprint density at radius 3 is 2.38 bits per heavy atom. The van der Waals surface area contributed by atoms with Gasteiger partial charge in [-0.3, -0.25) is 9.59 Å². The van der Waals surface area contributed by atoms with Gasteiger partial charge in [0.15, 0.2) is 5.82 Å². The quantitative estimate of drug-likeness (QED) is 0.797. The van der Waals surface area contributed by atoms with E-state index in [1.807, 2.05) is 47.1 Å². The lowest BCUT2D eigenvalue weighted by molar-refractivity contribution is 0.0597. The predicted molar refractivity (Wildman–Crippen MR) is 111 cm³/mol. The van der Waals surface area contributed by atoms with E-state index in [2.05, 4.69) is 9.97 Å². The van der Waals surface area contributed by atoms with Crippen molar-refractivity contribution >= 4 is 11.8 Å². The zero-order valence-corrected chi connectivity index (χ0v) is 17.0.